The van der Waals surface area contributed by atoms with Crippen molar-refractivity contribution < 1.29 is 4.74 Å². The largest absolute Gasteiger partial charge is 0.493 e. The molecule has 1 saturated carbocycles. The maximum Gasteiger partial charge on any atom is 0.208 e. The Balaban J connectivity index is 1.16. The number of nitrogens with zero attached hydrogens (tertiary/aromatic N) is 5. The lowest BCUT2D eigenvalue weighted by molar-refractivity contribution is 0.297. The van der Waals surface area contributed by atoms with Crippen LogP contribution in [0.4, 0.5) is 5.95 Å². The van der Waals surface area contributed by atoms with Crippen molar-refractivity contribution in [2.24, 2.45) is 11.8 Å². The molecule has 0 bridgehead atoms. The molecule has 2 aromatic heterocycles. The van der Waals surface area contributed by atoms with Crippen LogP contribution in [0, 0.1) is 26.7 Å². The van der Waals surface area contributed by atoms with Crippen LogP contribution in [0.2, 0.25) is 0 Å². The van der Waals surface area contributed by atoms with Gasteiger partial charge in [0, 0.05) is 53.5 Å². The SMILES string of the molecule is N#Cc1cn2c(NCc3c(I)ccc4c3CCO4)ncc(-c3ccc(CN4CC5CC5C4)cc3)c2n1. The second-order valence-electron chi connectivity index (χ2n) is 10.0. The van der Waals surface area contributed by atoms with Crippen molar-refractivity contribution >= 4 is 34.2 Å². The fraction of sp³-hybridized carbons (Fsp3) is 0.321. The monoisotopic (exact) mass is 588 g/mol. The van der Waals surface area contributed by atoms with Crippen molar-refractivity contribution in [3.63, 3.8) is 0 Å². The van der Waals surface area contributed by atoms with Crippen LogP contribution in [0.25, 0.3) is 16.8 Å². The fourth-order valence-corrected chi connectivity index (χ4v) is 6.41. The molecule has 2 atom stereocenters. The number of piperidine rings is 1. The summed E-state index contributed by atoms with van der Waals surface area (Å²) >= 11 is 2.38. The Bertz CT molecular complexity index is 1510. The van der Waals surface area contributed by atoms with Crippen molar-refractivity contribution in [2.75, 3.05) is 25.0 Å². The molecule has 2 unspecified atom stereocenters. The number of fused-ring (bicyclic) bond motifs is 3. The first-order valence-electron chi connectivity index (χ1n) is 12.4. The van der Waals surface area contributed by atoms with E-state index >= 15 is 0 Å². The molecule has 0 radical (unpaired) electrons. The van der Waals surface area contributed by atoms with E-state index in [0.717, 1.165) is 53.9 Å². The molecular weight excluding hydrogens is 563 g/mol. The Morgan fingerprint density at radius 3 is 2.78 bits per heavy atom. The van der Waals surface area contributed by atoms with Gasteiger partial charge in [-0.3, -0.25) is 9.30 Å². The molecule has 4 aromatic rings. The van der Waals surface area contributed by atoms with Gasteiger partial charge in [-0.15, -0.1) is 0 Å². The van der Waals surface area contributed by atoms with E-state index in [1.54, 1.807) is 6.20 Å². The molecule has 1 saturated heterocycles. The van der Waals surface area contributed by atoms with Gasteiger partial charge < -0.3 is 10.1 Å². The lowest BCUT2D eigenvalue weighted by Gasteiger charge is -2.17. The lowest BCUT2D eigenvalue weighted by Crippen LogP contribution is -2.21. The number of anilines is 1. The quantitative estimate of drug-likeness (QED) is 0.324. The van der Waals surface area contributed by atoms with Crippen LogP contribution >= 0.6 is 22.6 Å². The van der Waals surface area contributed by atoms with Crippen molar-refractivity contribution in [3.8, 4) is 22.9 Å². The van der Waals surface area contributed by atoms with E-state index in [-0.39, 0.29) is 0 Å². The number of rotatable bonds is 6. The van der Waals surface area contributed by atoms with Gasteiger partial charge in [0.25, 0.3) is 0 Å². The van der Waals surface area contributed by atoms with Gasteiger partial charge in [-0.25, -0.2) is 9.97 Å². The van der Waals surface area contributed by atoms with Crippen LogP contribution in [-0.2, 0) is 19.5 Å². The summed E-state index contributed by atoms with van der Waals surface area (Å²) < 4.78 is 8.84. The first-order valence-corrected chi connectivity index (χ1v) is 13.5. The van der Waals surface area contributed by atoms with Gasteiger partial charge in [0.05, 0.1) is 12.8 Å². The first-order chi connectivity index (χ1) is 17.7. The van der Waals surface area contributed by atoms with Gasteiger partial charge in [-0.2, -0.15) is 5.26 Å². The van der Waals surface area contributed by atoms with Gasteiger partial charge in [0.2, 0.25) is 5.95 Å². The molecule has 2 aromatic carbocycles. The standard InChI is InChI=1S/C28H25IN6O/c29-25-5-6-26-22(7-8-36-26)24(25)12-32-28-31-11-23(27-33-21(10-30)16-35(27)28)18-3-1-17(2-4-18)13-34-14-19-9-20(19)15-34/h1-6,11,16,19-20H,7-9,12-15H2,(H,31,32). The van der Waals surface area contributed by atoms with E-state index in [1.165, 1.54) is 39.8 Å². The number of benzene rings is 2. The second-order valence-corrected chi connectivity index (χ2v) is 11.2. The summed E-state index contributed by atoms with van der Waals surface area (Å²) in [7, 11) is 0. The van der Waals surface area contributed by atoms with Gasteiger partial charge in [0.1, 0.15) is 11.8 Å². The molecule has 4 heterocycles. The minimum atomic E-state index is 0.375. The van der Waals surface area contributed by atoms with Crippen LogP contribution < -0.4 is 10.1 Å². The van der Waals surface area contributed by atoms with Crippen LogP contribution in [0.1, 0.15) is 28.8 Å². The first kappa shape index (κ1) is 22.1. The minimum absolute atomic E-state index is 0.375. The summed E-state index contributed by atoms with van der Waals surface area (Å²) in [5.41, 5.74) is 6.90. The molecule has 0 amide bonds. The van der Waals surface area contributed by atoms with E-state index in [9.17, 15) is 5.26 Å². The molecule has 7 nitrogen and oxygen atoms in total. The highest BCUT2D eigenvalue weighted by Gasteiger charge is 2.44. The maximum atomic E-state index is 9.55. The Hall–Kier alpha value is -3.16. The number of likely N-dealkylation sites (tertiary alicyclic amines) is 1. The van der Waals surface area contributed by atoms with Gasteiger partial charge in [-0.1, -0.05) is 24.3 Å². The number of halogens is 1. The molecular formula is C28H25IN6O. The molecule has 2 fully saturated rings. The average molecular weight is 588 g/mol. The fourth-order valence-electron chi connectivity index (χ4n) is 5.71. The molecule has 180 valence electrons. The summed E-state index contributed by atoms with van der Waals surface area (Å²) in [4.78, 5) is 11.9. The average Bonchev–Trinajstić information content (AvgIpc) is 3.28. The number of nitriles is 1. The number of ether oxygens (including phenoxy) is 1. The topological polar surface area (TPSA) is 78.5 Å². The van der Waals surface area contributed by atoms with E-state index in [2.05, 4.69) is 74.2 Å². The number of hydrogen-bond acceptors (Lipinski definition) is 6. The molecule has 7 rings (SSSR count). The zero-order chi connectivity index (χ0) is 24.2. The molecule has 0 spiro atoms. The lowest BCUT2D eigenvalue weighted by atomic mass is 10.1. The third kappa shape index (κ3) is 3.91. The molecule has 8 heteroatoms. The van der Waals surface area contributed by atoms with E-state index in [1.807, 2.05) is 16.7 Å². The maximum absolute atomic E-state index is 9.55. The van der Waals surface area contributed by atoms with E-state index in [0.29, 0.717) is 18.2 Å². The highest BCUT2D eigenvalue weighted by Crippen LogP contribution is 2.45. The number of nitrogens with one attached hydrogen (secondary N) is 1. The van der Waals surface area contributed by atoms with Crippen molar-refractivity contribution in [2.45, 2.75) is 25.9 Å². The van der Waals surface area contributed by atoms with Crippen LogP contribution in [-0.4, -0.2) is 39.0 Å². The second kappa shape index (κ2) is 8.75. The highest BCUT2D eigenvalue weighted by molar-refractivity contribution is 14.1. The molecule has 3 aliphatic rings. The third-order valence-corrected chi connectivity index (χ3v) is 8.71. The Morgan fingerprint density at radius 1 is 1.14 bits per heavy atom. The van der Waals surface area contributed by atoms with Crippen molar-refractivity contribution in [1.82, 2.24) is 19.3 Å². The summed E-state index contributed by atoms with van der Waals surface area (Å²) in [6.07, 6.45) is 5.96. The van der Waals surface area contributed by atoms with Crippen molar-refractivity contribution in [1.29, 1.82) is 5.26 Å². The summed E-state index contributed by atoms with van der Waals surface area (Å²) in [6.45, 7) is 4.85. The summed E-state index contributed by atoms with van der Waals surface area (Å²) in [6, 6.07) is 15.0. The van der Waals surface area contributed by atoms with Crippen LogP contribution in [0.5, 0.6) is 5.75 Å². The van der Waals surface area contributed by atoms with Crippen LogP contribution in [0.3, 0.4) is 0 Å². The minimum Gasteiger partial charge on any atom is -0.493 e. The summed E-state index contributed by atoms with van der Waals surface area (Å²) in [5.74, 6) is 3.54. The Labute approximate surface area is 223 Å². The van der Waals surface area contributed by atoms with Gasteiger partial charge in [-0.05, 0) is 69.7 Å². The zero-order valence-electron chi connectivity index (χ0n) is 19.7. The normalized spacial score (nSPS) is 20.1. The van der Waals surface area contributed by atoms with E-state index < -0.39 is 0 Å². The number of imidazole rings is 1. The van der Waals surface area contributed by atoms with Crippen LogP contribution in [0.15, 0.2) is 48.8 Å². The molecule has 1 aliphatic carbocycles. The van der Waals surface area contributed by atoms with E-state index in [4.69, 9.17) is 9.72 Å². The molecule has 2 aliphatic heterocycles. The highest BCUT2D eigenvalue weighted by atomic mass is 127. The third-order valence-electron chi connectivity index (χ3n) is 7.70. The van der Waals surface area contributed by atoms with Gasteiger partial charge >= 0.3 is 0 Å². The van der Waals surface area contributed by atoms with Gasteiger partial charge in [0.15, 0.2) is 11.3 Å². The molecule has 36 heavy (non-hydrogen) atoms. The number of aromatic nitrogens is 3. The predicted molar refractivity (Wildman–Crippen MR) is 146 cm³/mol. The van der Waals surface area contributed by atoms with Crippen molar-refractivity contribution in [3.05, 3.63) is 74.7 Å². The Kier molecular flexibility index (Phi) is 5.36. The summed E-state index contributed by atoms with van der Waals surface area (Å²) in [5, 5.41) is 13.0. The predicted octanol–water partition coefficient (Wildman–Crippen LogP) is 4.87. The Morgan fingerprint density at radius 2 is 1.97 bits per heavy atom. The molecule has 1 N–H and O–H groups in total. The zero-order valence-corrected chi connectivity index (χ0v) is 21.9. The number of hydrogen-bond donors (Lipinski definition) is 1. The smallest absolute Gasteiger partial charge is 0.208 e.